The summed E-state index contributed by atoms with van der Waals surface area (Å²) >= 11 is 0. The lowest BCUT2D eigenvalue weighted by Gasteiger charge is -2.19. The summed E-state index contributed by atoms with van der Waals surface area (Å²) in [5.74, 6) is 0.283. The van der Waals surface area contributed by atoms with Crippen LogP contribution in [0.2, 0.25) is 0 Å². The van der Waals surface area contributed by atoms with Gasteiger partial charge < -0.3 is 37.4 Å². The number of amides is 2. The van der Waals surface area contributed by atoms with Crippen LogP contribution in [0.25, 0.3) is 21.7 Å². The van der Waals surface area contributed by atoms with E-state index >= 15 is 0 Å². The van der Waals surface area contributed by atoms with Crippen molar-refractivity contribution >= 4 is 39.4 Å². The third-order valence-corrected chi connectivity index (χ3v) is 7.36. The first kappa shape index (κ1) is 29.3. The van der Waals surface area contributed by atoms with Gasteiger partial charge in [-0.2, -0.15) is 0 Å². The summed E-state index contributed by atoms with van der Waals surface area (Å²) in [6, 6.07) is 18.8. The molecule has 11 heteroatoms. The van der Waals surface area contributed by atoms with E-state index in [0.717, 1.165) is 38.6 Å². The maximum Gasteiger partial charge on any atom is 0.252 e. The molecule has 0 spiro atoms. The Morgan fingerprint density at radius 1 is 0.907 bits per heavy atom. The second kappa shape index (κ2) is 14.1. The second-order valence-corrected chi connectivity index (χ2v) is 10.3. The Bertz CT molecular complexity index is 1700. The van der Waals surface area contributed by atoms with Crippen LogP contribution in [0.5, 0.6) is 0 Å². The van der Waals surface area contributed by atoms with E-state index in [9.17, 15) is 9.59 Å². The van der Waals surface area contributed by atoms with Crippen molar-refractivity contribution in [1.82, 2.24) is 30.9 Å². The van der Waals surface area contributed by atoms with Gasteiger partial charge in [0.1, 0.15) is 11.9 Å². The number of H-pyrrole nitrogens is 2. The Labute approximate surface area is 249 Å². The van der Waals surface area contributed by atoms with Gasteiger partial charge in [0.15, 0.2) is 5.96 Å². The van der Waals surface area contributed by atoms with Crippen LogP contribution < -0.4 is 27.4 Å². The third kappa shape index (κ3) is 7.57. The van der Waals surface area contributed by atoms with Gasteiger partial charge in [-0.3, -0.25) is 14.6 Å². The van der Waals surface area contributed by atoms with Gasteiger partial charge in [0.05, 0.1) is 6.54 Å². The van der Waals surface area contributed by atoms with E-state index in [0.29, 0.717) is 51.0 Å². The van der Waals surface area contributed by atoms with Gasteiger partial charge in [-0.1, -0.05) is 48.5 Å². The molecule has 0 aliphatic rings. The zero-order chi connectivity index (χ0) is 30.0. The molecule has 2 heterocycles. The van der Waals surface area contributed by atoms with Crippen molar-refractivity contribution in [3.63, 3.8) is 0 Å². The highest BCUT2D eigenvalue weighted by Crippen LogP contribution is 2.23. The number of fused-ring (bicyclic) bond motifs is 2. The van der Waals surface area contributed by atoms with Crippen LogP contribution in [-0.2, 0) is 24.3 Å². The molecule has 0 saturated heterocycles. The molecule has 1 atom stereocenters. The Morgan fingerprint density at radius 2 is 1.70 bits per heavy atom. The van der Waals surface area contributed by atoms with E-state index in [1.165, 1.54) is 0 Å². The zero-order valence-corrected chi connectivity index (χ0v) is 23.9. The maximum absolute atomic E-state index is 13.6. The molecule has 43 heavy (non-hydrogen) atoms. The first-order valence-electron chi connectivity index (χ1n) is 14.4. The van der Waals surface area contributed by atoms with Crippen LogP contribution in [0.3, 0.4) is 0 Å². The Kier molecular flexibility index (Phi) is 9.65. The number of nitrogens with zero attached hydrogens (tertiary/aromatic N) is 2. The van der Waals surface area contributed by atoms with E-state index in [4.69, 9.17) is 11.5 Å². The lowest BCUT2D eigenvalue weighted by atomic mass is 9.98. The number of guanidine groups is 1. The normalized spacial score (nSPS) is 11.8. The molecule has 0 bridgehead atoms. The van der Waals surface area contributed by atoms with Crippen molar-refractivity contribution < 1.29 is 9.59 Å². The van der Waals surface area contributed by atoms with Gasteiger partial charge in [0.2, 0.25) is 5.91 Å². The number of aromatic amines is 2. The molecular formula is C32H37N9O2. The average molecular weight is 580 g/mol. The molecule has 0 saturated carbocycles. The number of rotatable bonds is 14. The van der Waals surface area contributed by atoms with Gasteiger partial charge >= 0.3 is 0 Å². The number of hydrogen-bond acceptors (Lipinski definition) is 5. The first-order chi connectivity index (χ1) is 21.0. The molecule has 5 aromatic rings. The molecule has 0 radical (unpaired) electrons. The van der Waals surface area contributed by atoms with Gasteiger partial charge in [-0.05, 0) is 53.3 Å². The molecular weight excluding hydrogens is 542 g/mol. The topological polar surface area (TPSA) is 179 Å². The minimum absolute atomic E-state index is 0.00558. The molecule has 9 N–H and O–H groups in total. The molecule has 0 aliphatic carbocycles. The summed E-state index contributed by atoms with van der Waals surface area (Å²) < 4.78 is 0. The van der Waals surface area contributed by atoms with Crippen molar-refractivity contribution in [3.8, 4) is 0 Å². The Morgan fingerprint density at radius 3 is 2.49 bits per heavy atom. The zero-order valence-electron chi connectivity index (χ0n) is 23.9. The third-order valence-electron chi connectivity index (χ3n) is 7.36. The summed E-state index contributed by atoms with van der Waals surface area (Å²) in [6.45, 7) is 2.00. The first-order valence-corrected chi connectivity index (χ1v) is 14.4. The van der Waals surface area contributed by atoms with Crippen molar-refractivity contribution in [2.45, 2.75) is 38.4 Å². The maximum atomic E-state index is 13.6. The number of nitrogens with two attached hydrogens (primary N) is 2. The largest absolute Gasteiger partial charge is 0.370 e. The van der Waals surface area contributed by atoms with E-state index in [1.807, 2.05) is 60.8 Å². The molecule has 2 amide bonds. The summed E-state index contributed by atoms with van der Waals surface area (Å²) in [5.41, 5.74) is 14.7. The molecule has 222 valence electrons. The minimum Gasteiger partial charge on any atom is -0.370 e. The van der Waals surface area contributed by atoms with Crippen LogP contribution >= 0.6 is 0 Å². The second-order valence-electron chi connectivity index (χ2n) is 10.3. The molecule has 0 unspecified atom stereocenters. The highest BCUT2D eigenvalue weighted by atomic mass is 16.2. The fourth-order valence-corrected chi connectivity index (χ4v) is 5.21. The Balaban J connectivity index is 1.26. The number of aromatic nitrogens is 3. The van der Waals surface area contributed by atoms with Gasteiger partial charge in [0.25, 0.3) is 5.91 Å². The fraction of sp³-hybridized carbons (Fsp3) is 0.250. The predicted octanol–water partition coefficient (Wildman–Crippen LogP) is 2.84. The summed E-state index contributed by atoms with van der Waals surface area (Å²) in [4.78, 5) is 41.5. The fourth-order valence-electron chi connectivity index (χ4n) is 5.21. The van der Waals surface area contributed by atoms with Gasteiger partial charge in [0, 0.05) is 54.7 Å². The predicted molar refractivity (Wildman–Crippen MR) is 169 cm³/mol. The van der Waals surface area contributed by atoms with E-state index in [2.05, 4.69) is 42.0 Å². The number of imidazole rings is 1. The molecule has 3 aromatic carbocycles. The average Bonchev–Trinajstić information content (AvgIpc) is 3.69. The highest BCUT2D eigenvalue weighted by molar-refractivity contribution is 6.09. The van der Waals surface area contributed by atoms with Crippen LogP contribution in [0.15, 0.2) is 84.2 Å². The lowest BCUT2D eigenvalue weighted by Crippen LogP contribution is -2.47. The van der Waals surface area contributed by atoms with Crippen molar-refractivity contribution in [2.75, 3.05) is 13.1 Å². The van der Waals surface area contributed by atoms with Crippen molar-refractivity contribution in [2.24, 2.45) is 16.5 Å². The quantitative estimate of drug-likeness (QED) is 0.0604. The number of carbonyl (C=O) groups is 2. The summed E-state index contributed by atoms with van der Waals surface area (Å²) in [7, 11) is 0. The standard InChI is InChI=1S/C32H37N9O2/c33-32(34)39-14-5-10-28(31(43)38-15-13-22-19-40-27-9-4-3-7-24(22)27)41-30(42)26-12-11-21(23-6-1-2-8-25(23)26)18-35-20-29-36-16-17-37-29/h1-4,6-9,11-12,16-17,19,28,35,40H,5,10,13-15,18,20H2,(H,36,37)(H,38,43)(H,41,42)(H4,33,34,39)/t28-/m0/s1. The van der Waals surface area contributed by atoms with E-state index < -0.39 is 6.04 Å². The lowest BCUT2D eigenvalue weighted by molar-refractivity contribution is -0.123. The summed E-state index contributed by atoms with van der Waals surface area (Å²) in [6.07, 6.45) is 7.04. The molecule has 11 nitrogen and oxygen atoms in total. The monoisotopic (exact) mass is 579 g/mol. The number of hydrogen-bond donors (Lipinski definition) is 7. The van der Waals surface area contributed by atoms with Crippen LogP contribution in [0.4, 0.5) is 0 Å². The molecule has 0 fully saturated rings. The van der Waals surface area contributed by atoms with Crippen LogP contribution in [0, 0.1) is 0 Å². The number of benzene rings is 3. The molecule has 0 aliphatic heterocycles. The minimum atomic E-state index is -0.752. The number of aliphatic imine (C=N–C) groups is 1. The number of para-hydroxylation sites is 1. The highest BCUT2D eigenvalue weighted by Gasteiger charge is 2.22. The van der Waals surface area contributed by atoms with Gasteiger partial charge in [-0.15, -0.1) is 0 Å². The SMILES string of the molecule is NC(N)=NCCC[C@H](NC(=O)c1ccc(CNCc2ncc[nH]2)c2ccccc12)C(=O)NCCc1c[nH]c2ccccc12. The van der Waals surface area contributed by atoms with Crippen molar-refractivity contribution in [3.05, 3.63) is 102 Å². The molecule has 2 aromatic heterocycles. The Hall–Kier alpha value is -5.16. The smallest absolute Gasteiger partial charge is 0.252 e. The number of carbonyl (C=O) groups excluding carboxylic acids is 2. The van der Waals surface area contributed by atoms with Crippen molar-refractivity contribution in [1.29, 1.82) is 0 Å². The van der Waals surface area contributed by atoms with Crippen LogP contribution in [-0.4, -0.2) is 51.9 Å². The van der Waals surface area contributed by atoms with E-state index in [1.54, 1.807) is 12.4 Å². The van der Waals surface area contributed by atoms with Gasteiger partial charge in [-0.25, -0.2) is 4.98 Å². The number of nitrogens with one attached hydrogen (secondary N) is 5. The summed E-state index contributed by atoms with van der Waals surface area (Å²) in [5, 5.41) is 12.3. The van der Waals surface area contributed by atoms with Crippen LogP contribution in [0.1, 0.15) is 40.2 Å². The van der Waals surface area contributed by atoms with E-state index in [-0.39, 0.29) is 17.8 Å². The molecule has 5 rings (SSSR count).